The Kier molecular flexibility index (Phi) is 5.00. The molecule has 0 unspecified atom stereocenters. The second kappa shape index (κ2) is 6.50. The summed E-state index contributed by atoms with van der Waals surface area (Å²) in [5.41, 5.74) is 0.469. The number of hydrogen-bond acceptors (Lipinski definition) is 4. The molecule has 0 saturated carbocycles. The number of hydrogen-bond donors (Lipinski definition) is 1. The Morgan fingerprint density at radius 1 is 1.50 bits per heavy atom. The van der Waals surface area contributed by atoms with Gasteiger partial charge in [0.15, 0.2) is 11.5 Å². The fraction of sp³-hybridized carbons (Fsp3) is 0.385. The van der Waals surface area contributed by atoms with E-state index in [0.717, 1.165) is 0 Å². The lowest BCUT2D eigenvalue weighted by Crippen LogP contribution is -2.17. The molecular formula is C13H15NO4. The fourth-order valence-corrected chi connectivity index (χ4v) is 1.45. The SMILES string of the molecule is CCOc1cc(C#N)ccc1O[C@@H](C)CC(=O)O. The third-order valence-electron chi connectivity index (χ3n) is 2.16. The van der Waals surface area contributed by atoms with Crippen molar-refractivity contribution < 1.29 is 19.4 Å². The van der Waals surface area contributed by atoms with E-state index in [4.69, 9.17) is 19.8 Å². The maximum atomic E-state index is 10.6. The molecule has 0 saturated heterocycles. The number of carboxylic acid groups (broad SMARTS) is 1. The summed E-state index contributed by atoms with van der Waals surface area (Å²) in [4.78, 5) is 10.6. The van der Waals surface area contributed by atoms with E-state index in [0.29, 0.717) is 23.7 Å². The van der Waals surface area contributed by atoms with Crippen LogP contribution in [0.1, 0.15) is 25.8 Å². The van der Waals surface area contributed by atoms with Crippen LogP contribution in [-0.4, -0.2) is 23.8 Å². The average molecular weight is 249 g/mol. The number of rotatable bonds is 6. The molecule has 0 spiro atoms. The molecule has 0 aromatic heterocycles. The quantitative estimate of drug-likeness (QED) is 0.836. The minimum Gasteiger partial charge on any atom is -0.490 e. The van der Waals surface area contributed by atoms with Crippen molar-refractivity contribution in [3.8, 4) is 17.6 Å². The minimum atomic E-state index is -0.922. The van der Waals surface area contributed by atoms with Crippen molar-refractivity contribution in [2.75, 3.05) is 6.61 Å². The van der Waals surface area contributed by atoms with Gasteiger partial charge in [0, 0.05) is 6.07 Å². The van der Waals surface area contributed by atoms with E-state index in [1.165, 1.54) is 0 Å². The fourth-order valence-electron chi connectivity index (χ4n) is 1.45. The van der Waals surface area contributed by atoms with Crippen molar-refractivity contribution >= 4 is 5.97 Å². The summed E-state index contributed by atoms with van der Waals surface area (Å²) in [6.45, 7) is 3.93. The molecule has 5 heteroatoms. The number of benzene rings is 1. The lowest BCUT2D eigenvalue weighted by atomic mass is 10.2. The molecule has 1 N–H and O–H groups in total. The molecule has 5 nitrogen and oxygen atoms in total. The third kappa shape index (κ3) is 3.98. The number of nitrogens with zero attached hydrogens (tertiary/aromatic N) is 1. The van der Waals surface area contributed by atoms with Gasteiger partial charge in [-0.1, -0.05) is 0 Å². The largest absolute Gasteiger partial charge is 0.490 e. The summed E-state index contributed by atoms with van der Waals surface area (Å²) in [5.74, 6) is -0.0208. The van der Waals surface area contributed by atoms with Gasteiger partial charge < -0.3 is 14.6 Å². The number of carboxylic acids is 1. The topological polar surface area (TPSA) is 79.5 Å². The number of ether oxygens (including phenoxy) is 2. The van der Waals surface area contributed by atoms with Crippen LogP contribution in [0.3, 0.4) is 0 Å². The van der Waals surface area contributed by atoms with Gasteiger partial charge in [0.1, 0.15) is 6.10 Å². The monoisotopic (exact) mass is 249 g/mol. The summed E-state index contributed by atoms with van der Waals surface area (Å²) >= 11 is 0. The standard InChI is InChI=1S/C13H15NO4/c1-3-17-12-7-10(8-14)4-5-11(12)18-9(2)6-13(15)16/h4-5,7,9H,3,6H2,1-2H3,(H,15,16)/t9-/m0/s1. The van der Waals surface area contributed by atoms with Crippen LogP contribution in [0, 0.1) is 11.3 Å². The molecule has 0 aliphatic carbocycles. The Morgan fingerprint density at radius 3 is 2.78 bits per heavy atom. The molecule has 0 amide bonds. The van der Waals surface area contributed by atoms with Gasteiger partial charge in [-0.25, -0.2) is 0 Å². The van der Waals surface area contributed by atoms with E-state index >= 15 is 0 Å². The van der Waals surface area contributed by atoms with Gasteiger partial charge in [0.05, 0.1) is 24.7 Å². The Bertz CT molecular complexity index is 465. The van der Waals surface area contributed by atoms with Gasteiger partial charge in [-0.15, -0.1) is 0 Å². The first-order valence-electron chi connectivity index (χ1n) is 5.62. The Morgan fingerprint density at radius 2 is 2.22 bits per heavy atom. The normalized spacial score (nSPS) is 11.4. The summed E-state index contributed by atoms with van der Waals surface area (Å²) in [5, 5.41) is 17.5. The van der Waals surface area contributed by atoms with Crippen LogP contribution in [-0.2, 0) is 4.79 Å². The molecule has 1 aromatic rings. The smallest absolute Gasteiger partial charge is 0.307 e. The first-order valence-corrected chi connectivity index (χ1v) is 5.62. The summed E-state index contributed by atoms with van der Waals surface area (Å²) in [7, 11) is 0. The predicted molar refractivity (Wildman–Crippen MR) is 64.7 cm³/mol. The Balaban J connectivity index is 2.87. The second-order valence-corrected chi connectivity index (χ2v) is 3.73. The molecule has 0 aliphatic heterocycles. The zero-order chi connectivity index (χ0) is 13.5. The van der Waals surface area contributed by atoms with Crippen LogP contribution in [0.5, 0.6) is 11.5 Å². The number of carbonyl (C=O) groups is 1. The first-order chi connectivity index (χ1) is 8.56. The highest BCUT2D eigenvalue weighted by atomic mass is 16.5. The molecule has 96 valence electrons. The molecule has 18 heavy (non-hydrogen) atoms. The lowest BCUT2D eigenvalue weighted by Gasteiger charge is -2.16. The van der Waals surface area contributed by atoms with Crippen molar-refractivity contribution in [2.45, 2.75) is 26.4 Å². The lowest BCUT2D eigenvalue weighted by molar-refractivity contribution is -0.138. The van der Waals surface area contributed by atoms with E-state index in [-0.39, 0.29) is 6.42 Å². The third-order valence-corrected chi connectivity index (χ3v) is 2.16. The van der Waals surface area contributed by atoms with Crippen molar-refractivity contribution in [1.82, 2.24) is 0 Å². The van der Waals surface area contributed by atoms with Gasteiger partial charge in [-0.05, 0) is 26.0 Å². The van der Waals surface area contributed by atoms with Gasteiger partial charge in [0.25, 0.3) is 0 Å². The Hall–Kier alpha value is -2.22. The first kappa shape index (κ1) is 13.8. The molecule has 0 bridgehead atoms. The van der Waals surface area contributed by atoms with Crippen LogP contribution >= 0.6 is 0 Å². The molecule has 0 heterocycles. The van der Waals surface area contributed by atoms with Gasteiger partial charge in [-0.3, -0.25) is 4.79 Å². The van der Waals surface area contributed by atoms with Crippen molar-refractivity contribution in [3.05, 3.63) is 23.8 Å². The average Bonchev–Trinajstić information content (AvgIpc) is 2.30. The van der Waals surface area contributed by atoms with Gasteiger partial charge in [0.2, 0.25) is 0 Å². The Labute approximate surface area is 106 Å². The van der Waals surface area contributed by atoms with Gasteiger partial charge in [-0.2, -0.15) is 5.26 Å². The van der Waals surface area contributed by atoms with E-state index in [9.17, 15) is 4.79 Å². The molecule has 1 rings (SSSR count). The van der Waals surface area contributed by atoms with E-state index in [2.05, 4.69) is 0 Å². The summed E-state index contributed by atoms with van der Waals surface area (Å²) < 4.78 is 10.9. The molecular weight excluding hydrogens is 234 g/mol. The maximum absolute atomic E-state index is 10.6. The number of aliphatic carboxylic acids is 1. The van der Waals surface area contributed by atoms with Crippen LogP contribution in [0.25, 0.3) is 0 Å². The molecule has 1 aromatic carbocycles. The highest BCUT2D eigenvalue weighted by Gasteiger charge is 2.13. The zero-order valence-electron chi connectivity index (χ0n) is 10.3. The molecule has 0 fully saturated rings. The van der Waals surface area contributed by atoms with E-state index in [1.807, 2.05) is 13.0 Å². The molecule has 1 atom stereocenters. The second-order valence-electron chi connectivity index (χ2n) is 3.73. The van der Waals surface area contributed by atoms with Crippen molar-refractivity contribution in [1.29, 1.82) is 5.26 Å². The zero-order valence-corrected chi connectivity index (χ0v) is 10.3. The van der Waals surface area contributed by atoms with Crippen molar-refractivity contribution in [3.63, 3.8) is 0 Å². The van der Waals surface area contributed by atoms with E-state index in [1.54, 1.807) is 25.1 Å². The minimum absolute atomic E-state index is 0.0917. The predicted octanol–water partition coefficient (Wildman–Crippen LogP) is 2.20. The summed E-state index contributed by atoms with van der Waals surface area (Å²) in [6.07, 6.45) is -0.555. The van der Waals surface area contributed by atoms with Crippen LogP contribution in [0.4, 0.5) is 0 Å². The molecule has 0 radical (unpaired) electrons. The highest BCUT2D eigenvalue weighted by molar-refractivity contribution is 5.67. The van der Waals surface area contributed by atoms with E-state index < -0.39 is 12.1 Å². The van der Waals surface area contributed by atoms with Gasteiger partial charge >= 0.3 is 5.97 Å². The maximum Gasteiger partial charge on any atom is 0.307 e. The van der Waals surface area contributed by atoms with Crippen LogP contribution < -0.4 is 9.47 Å². The number of nitriles is 1. The van der Waals surface area contributed by atoms with Crippen molar-refractivity contribution in [2.24, 2.45) is 0 Å². The molecule has 0 aliphatic rings. The summed E-state index contributed by atoms with van der Waals surface area (Å²) in [6, 6.07) is 6.80. The highest BCUT2D eigenvalue weighted by Crippen LogP contribution is 2.29. The van der Waals surface area contributed by atoms with Crippen LogP contribution in [0.2, 0.25) is 0 Å². The van der Waals surface area contributed by atoms with Crippen LogP contribution in [0.15, 0.2) is 18.2 Å².